The van der Waals surface area contributed by atoms with Gasteiger partial charge in [0.1, 0.15) is 0 Å². The Bertz CT molecular complexity index is 3740. The third-order valence-electron chi connectivity index (χ3n) is 15.2. The molecule has 12 aromatic rings. The highest BCUT2D eigenvalue weighted by molar-refractivity contribution is 7.03. The van der Waals surface area contributed by atoms with Crippen molar-refractivity contribution in [2.45, 2.75) is 0 Å². The third-order valence-corrected chi connectivity index (χ3v) is 15.2. The molecule has 0 amide bonds. The number of hydrogen-bond acceptors (Lipinski definition) is 5. The summed E-state index contributed by atoms with van der Waals surface area (Å²) in [7, 11) is 8.48. The Morgan fingerprint density at radius 2 is 0.667 bits per heavy atom. The van der Waals surface area contributed by atoms with Gasteiger partial charge in [0.15, 0.2) is 0 Å². The van der Waals surface area contributed by atoms with Crippen molar-refractivity contribution in [1.29, 1.82) is 0 Å². The highest BCUT2D eigenvalue weighted by atomic mass is 15.2. The number of nitrogens with zero attached hydrogens (tertiary/aromatic N) is 5. The second kappa shape index (κ2) is 12.7. The van der Waals surface area contributed by atoms with Gasteiger partial charge in [-0.3, -0.25) is 0 Å². The summed E-state index contributed by atoms with van der Waals surface area (Å²) in [4.78, 5) is 12.3. The Hall–Kier alpha value is -8.22. The second-order valence-corrected chi connectivity index (χ2v) is 18.9. The Morgan fingerprint density at radius 1 is 0.303 bits per heavy atom. The maximum absolute atomic E-state index is 2.67. The SMILES string of the molecule is CN(C)c1ccc(N2c3cccc4c3B3c5c2c2ccc6cccc7ccc(c5N(c5ccccc5)c5c3c(c3ccc8cccc9ccc5c3c89)N4c3ccc(N(C)C)cc3)c2c67)cc1. The van der Waals surface area contributed by atoms with E-state index < -0.39 is 0 Å². The maximum atomic E-state index is 2.67. The largest absolute Gasteiger partial charge is 0.378 e. The molecule has 6 heteroatoms. The fourth-order valence-corrected chi connectivity index (χ4v) is 12.5. The minimum atomic E-state index is -0.0652. The lowest BCUT2D eigenvalue weighted by Crippen LogP contribution is -2.65. The summed E-state index contributed by atoms with van der Waals surface area (Å²) in [5.74, 6) is 0. The van der Waals surface area contributed by atoms with Crippen molar-refractivity contribution in [1.82, 2.24) is 0 Å². The molecule has 3 heterocycles. The van der Waals surface area contributed by atoms with Crippen molar-refractivity contribution in [3.63, 3.8) is 0 Å². The molecule has 66 heavy (non-hydrogen) atoms. The lowest BCUT2D eigenvalue weighted by atomic mass is 9.31. The average Bonchev–Trinajstić information content (AvgIpc) is 3.36. The van der Waals surface area contributed by atoms with Gasteiger partial charge in [-0.2, -0.15) is 0 Å². The van der Waals surface area contributed by atoms with E-state index in [9.17, 15) is 0 Å². The number of hydrogen-bond donors (Lipinski definition) is 0. The summed E-state index contributed by atoms with van der Waals surface area (Å²) in [6.07, 6.45) is 0. The van der Waals surface area contributed by atoms with Crippen LogP contribution in [0.15, 0.2) is 182 Å². The molecule has 0 bridgehead atoms. The number of para-hydroxylation sites is 1. The third kappa shape index (κ3) is 4.46. The van der Waals surface area contributed by atoms with Gasteiger partial charge < -0.3 is 24.5 Å². The van der Waals surface area contributed by atoms with Crippen LogP contribution in [-0.2, 0) is 0 Å². The Labute approximate surface area is 383 Å². The van der Waals surface area contributed by atoms with Crippen LogP contribution >= 0.6 is 0 Å². The minimum Gasteiger partial charge on any atom is -0.378 e. The number of fused-ring (bicyclic) bond motifs is 4. The van der Waals surface area contributed by atoms with Gasteiger partial charge in [-0.05, 0) is 122 Å². The molecule has 15 rings (SSSR count). The molecule has 0 saturated carbocycles. The molecule has 0 unspecified atom stereocenters. The van der Waals surface area contributed by atoms with Crippen molar-refractivity contribution in [3.05, 3.63) is 182 Å². The molecule has 0 fully saturated rings. The normalized spacial score (nSPS) is 13.6. The summed E-state index contributed by atoms with van der Waals surface area (Å²) in [6.45, 7) is -0.0652. The first-order chi connectivity index (χ1) is 32.4. The van der Waals surface area contributed by atoms with Gasteiger partial charge in [0, 0.05) is 100 Å². The first-order valence-corrected chi connectivity index (χ1v) is 23.0. The fraction of sp³-hybridized carbons (Fsp3) is 0.0667. The topological polar surface area (TPSA) is 16.2 Å². The van der Waals surface area contributed by atoms with E-state index in [2.05, 4.69) is 235 Å². The van der Waals surface area contributed by atoms with Gasteiger partial charge in [-0.1, -0.05) is 109 Å². The molecule has 310 valence electrons. The standard InChI is InChI=1S/C60H42BN5/c1-62(2)39-23-27-42(28-24-39)64-48-17-10-18-49-54(48)61-55-57(64)44-31-19-35-11-8-13-37-21-33-46(52(44)50(35)37)59(55)66(41-15-6-5-7-16-41)60-47-34-22-38-14-9-12-36-20-32-45(53(47)51(36)38)58(56(60)61)65(49)43-29-25-40(26-30-43)63(3)4/h5-34H,1-4H3. The molecule has 3 aliphatic rings. The van der Waals surface area contributed by atoms with Crippen molar-refractivity contribution in [2.75, 3.05) is 52.7 Å². The Morgan fingerprint density at radius 3 is 1.06 bits per heavy atom. The lowest BCUT2D eigenvalue weighted by Gasteiger charge is -2.50. The van der Waals surface area contributed by atoms with Crippen LogP contribution in [-0.4, -0.2) is 34.9 Å². The van der Waals surface area contributed by atoms with Gasteiger partial charge in [0.25, 0.3) is 6.71 Å². The number of benzene rings is 12. The molecule has 12 aromatic carbocycles. The van der Waals surface area contributed by atoms with E-state index >= 15 is 0 Å². The molecular weight excluding hydrogens is 802 g/mol. The van der Waals surface area contributed by atoms with Crippen LogP contribution in [0.4, 0.5) is 62.6 Å². The maximum Gasteiger partial charge on any atom is 0.257 e. The minimum absolute atomic E-state index is 0.0652. The number of rotatable bonds is 5. The van der Waals surface area contributed by atoms with Crippen LogP contribution in [0.1, 0.15) is 0 Å². The monoisotopic (exact) mass is 843 g/mol. The zero-order chi connectivity index (χ0) is 43.7. The highest BCUT2D eigenvalue weighted by Crippen LogP contribution is 2.58. The van der Waals surface area contributed by atoms with E-state index in [1.54, 1.807) is 0 Å². The highest BCUT2D eigenvalue weighted by Gasteiger charge is 2.51. The van der Waals surface area contributed by atoms with Gasteiger partial charge >= 0.3 is 0 Å². The van der Waals surface area contributed by atoms with Gasteiger partial charge in [-0.15, -0.1) is 0 Å². The smallest absolute Gasteiger partial charge is 0.257 e. The van der Waals surface area contributed by atoms with E-state index in [4.69, 9.17) is 0 Å². The molecule has 0 atom stereocenters. The van der Waals surface area contributed by atoms with Crippen molar-refractivity contribution in [2.24, 2.45) is 0 Å². The molecule has 5 nitrogen and oxygen atoms in total. The molecule has 0 radical (unpaired) electrons. The van der Waals surface area contributed by atoms with Crippen LogP contribution in [0.25, 0.3) is 64.6 Å². The molecule has 3 aliphatic heterocycles. The van der Waals surface area contributed by atoms with Gasteiger partial charge in [-0.25, -0.2) is 0 Å². The van der Waals surface area contributed by atoms with Crippen molar-refractivity contribution >= 4 is 150 Å². The quantitative estimate of drug-likeness (QED) is 0.126. The van der Waals surface area contributed by atoms with E-state index in [1.165, 1.54) is 127 Å². The van der Waals surface area contributed by atoms with Gasteiger partial charge in [0.2, 0.25) is 0 Å². The average molecular weight is 844 g/mol. The van der Waals surface area contributed by atoms with Crippen molar-refractivity contribution in [3.8, 4) is 0 Å². The van der Waals surface area contributed by atoms with Crippen LogP contribution in [0, 0.1) is 0 Å². The summed E-state index contributed by atoms with van der Waals surface area (Å²) in [5, 5.41) is 15.4. The fourth-order valence-electron chi connectivity index (χ4n) is 12.5. The molecule has 0 aliphatic carbocycles. The zero-order valence-corrected chi connectivity index (χ0v) is 37.1. The van der Waals surface area contributed by atoms with Crippen LogP contribution in [0.2, 0.25) is 0 Å². The van der Waals surface area contributed by atoms with Crippen LogP contribution in [0.3, 0.4) is 0 Å². The summed E-state index contributed by atoms with van der Waals surface area (Å²) >= 11 is 0. The second-order valence-electron chi connectivity index (χ2n) is 18.9. The van der Waals surface area contributed by atoms with E-state index in [-0.39, 0.29) is 6.71 Å². The van der Waals surface area contributed by atoms with Crippen molar-refractivity contribution < 1.29 is 0 Å². The summed E-state index contributed by atoms with van der Waals surface area (Å²) < 4.78 is 0. The Balaban J connectivity index is 1.20. The predicted octanol–water partition coefficient (Wildman–Crippen LogP) is 13.5. The van der Waals surface area contributed by atoms with Crippen LogP contribution < -0.4 is 40.9 Å². The van der Waals surface area contributed by atoms with Crippen LogP contribution in [0.5, 0.6) is 0 Å². The lowest BCUT2D eigenvalue weighted by molar-refractivity contribution is 1.13. The predicted molar refractivity (Wildman–Crippen MR) is 285 cm³/mol. The molecular formula is C60H42BN5. The Kier molecular flexibility index (Phi) is 6.98. The van der Waals surface area contributed by atoms with Gasteiger partial charge in [0.05, 0.1) is 22.7 Å². The van der Waals surface area contributed by atoms with E-state index in [0.717, 1.165) is 17.1 Å². The van der Waals surface area contributed by atoms with E-state index in [1.807, 2.05) is 0 Å². The summed E-state index contributed by atoms with van der Waals surface area (Å²) in [5.41, 5.74) is 17.3. The first-order valence-electron chi connectivity index (χ1n) is 23.0. The van der Waals surface area contributed by atoms with E-state index in [0.29, 0.717) is 0 Å². The molecule has 0 saturated heterocycles. The summed E-state index contributed by atoms with van der Waals surface area (Å²) in [6, 6.07) is 69.3. The zero-order valence-electron chi connectivity index (χ0n) is 37.1. The molecule has 0 spiro atoms. The number of anilines is 11. The molecule has 0 aromatic heterocycles. The first kappa shape index (κ1) is 36.2. The molecule has 0 N–H and O–H groups in total.